The van der Waals surface area contributed by atoms with E-state index in [2.05, 4.69) is 135 Å². The van der Waals surface area contributed by atoms with Crippen LogP contribution in [0.25, 0.3) is 97.3 Å². The first-order valence-electron chi connectivity index (χ1n) is 22.3. The fraction of sp³-hybridized carbons (Fsp3) is 0.286. The predicted octanol–water partition coefficient (Wildman–Crippen LogP) is 16.9. The Balaban J connectivity index is 1.25. The van der Waals surface area contributed by atoms with Crippen molar-refractivity contribution < 1.29 is 9.47 Å². The smallest absolute Gasteiger partial charge is 0.128 e. The van der Waals surface area contributed by atoms with E-state index in [1.54, 1.807) is 0 Å². The normalized spacial score (nSPS) is 12.2. The van der Waals surface area contributed by atoms with Crippen LogP contribution in [0.4, 0.5) is 0 Å². The Kier molecular flexibility index (Phi) is 10.1. The van der Waals surface area contributed by atoms with Crippen molar-refractivity contribution in [3.05, 3.63) is 121 Å². The number of rotatable bonds is 17. The summed E-state index contributed by atoms with van der Waals surface area (Å²) in [6, 6.07) is 45.7. The number of fused-ring (bicyclic) bond motifs is 4. The quantitative estimate of drug-likeness (QED) is 0.0523. The summed E-state index contributed by atoms with van der Waals surface area (Å²) in [4.78, 5) is 0. The van der Waals surface area contributed by atoms with Gasteiger partial charge >= 0.3 is 0 Å². The van der Waals surface area contributed by atoms with Crippen LogP contribution in [0.1, 0.15) is 90.9 Å². The molecule has 2 heteroatoms. The van der Waals surface area contributed by atoms with Crippen LogP contribution in [-0.2, 0) is 0 Å². The van der Waals surface area contributed by atoms with E-state index in [1.165, 1.54) is 150 Å². The Labute approximate surface area is 342 Å². The molecule has 0 amide bonds. The third-order valence-corrected chi connectivity index (χ3v) is 13.0. The van der Waals surface area contributed by atoms with E-state index in [1.807, 2.05) is 0 Å². The highest BCUT2D eigenvalue weighted by atomic mass is 16.5. The minimum atomic E-state index is 0.690. The lowest BCUT2D eigenvalue weighted by Crippen LogP contribution is -2.04. The molecule has 0 spiro atoms. The first-order chi connectivity index (χ1) is 28.8. The van der Waals surface area contributed by atoms with Gasteiger partial charge in [-0.1, -0.05) is 187 Å². The molecule has 0 aliphatic carbocycles. The fourth-order valence-electron chi connectivity index (χ4n) is 10.2. The maximum absolute atomic E-state index is 7.13. The van der Waals surface area contributed by atoms with Crippen molar-refractivity contribution in [2.75, 3.05) is 13.2 Å². The van der Waals surface area contributed by atoms with E-state index in [9.17, 15) is 0 Å². The molecule has 58 heavy (non-hydrogen) atoms. The van der Waals surface area contributed by atoms with Gasteiger partial charge in [0, 0.05) is 11.1 Å². The van der Waals surface area contributed by atoms with Crippen molar-refractivity contribution in [3.8, 4) is 22.6 Å². The standard InChI is InChI=1S/C56H54O2/c1-3-5-7-9-11-13-33-57-49-35-47-43-27-17-23-37-21-15-25-39(51(37)43)41-29-19-31-45(53(41)47)55(49)56-46-32-20-30-42-40-26-16-22-38-24-18-28-44(52(38)40)48(54(42)46)36-50(56)58-34-14-12-10-8-6-4-2/h15-32,35-36H,3-14,33-34H2,1-2H3. The minimum absolute atomic E-state index is 0.690. The topological polar surface area (TPSA) is 18.5 Å². The molecule has 0 saturated carbocycles. The molecule has 0 bridgehead atoms. The SMILES string of the molecule is CCCCCCCCOc1cc2c3cccc4cccc(c5cccc(c1-c1c(OCCCCCCCC)cc6c7cccc8cccc(c9cccc1c96)c87)c52)c43. The van der Waals surface area contributed by atoms with Crippen molar-refractivity contribution in [3.63, 3.8) is 0 Å². The first-order valence-corrected chi connectivity index (χ1v) is 22.3. The average Bonchev–Trinajstić information content (AvgIpc) is 3.26. The third-order valence-electron chi connectivity index (χ3n) is 13.0. The summed E-state index contributed by atoms with van der Waals surface area (Å²) in [5, 5.41) is 20.5. The lowest BCUT2D eigenvalue weighted by Gasteiger charge is -2.24. The van der Waals surface area contributed by atoms with Gasteiger partial charge in [-0.2, -0.15) is 0 Å². The summed E-state index contributed by atoms with van der Waals surface area (Å²) in [6.07, 6.45) is 14.7. The molecule has 0 aromatic heterocycles. The van der Waals surface area contributed by atoms with Crippen molar-refractivity contribution in [2.24, 2.45) is 0 Å². The Morgan fingerprint density at radius 3 is 1.02 bits per heavy atom. The molecule has 0 radical (unpaired) electrons. The summed E-state index contributed by atoms with van der Waals surface area (Å²) in [5.41, 5.74) is 2.30. The van der Waals surface area contributed by atoms with E-state index in [4.69, 9.17) is 9.47 Å². The molecule has 10 rings (SSSR count). The minimum Gasteiger partial charge on any atom is -0.493 e. The lowest BCUT2D eigenvalue weighted by atomic mass is 9.83. The van der Waals surface area contributed by atoms with Crippen LogP contribution >= 0.6 is 0 Å². The molecule has 0 heterocycles. The van der Waals surface area contributed by atoms with Gasteiger partial charge < -0.3 is 9.47 Å². The molecule has 0 aliphatic heterocycles. The van der Waals surface area contributed by atoms with E-state index in [-0.39, 0.29) is 0 Å². The first kappa shape index (κ1) is 36.7. The number of ether oxygens (including phenoxy) is 2. The molecule has 2 nitrogen and oxygen atoms in total. The van der Waals surface area contributed by atoms with Crippen LogP contribution in [0.3, 0.4) is 0 Å². The zero-order valence-electron chi connectivity index (χ0n) is 34.3. The fourth-order valence-corrected chi connectivity index (χ4v) is 10.2. The summed E-state index contributed by atoms with van der Waals surface area (Å²) >= 11 is 0. The second kappa shape index (κ2) is 16.0. The Morgan fingerprint density at radius 1 is 0.310 bits per heavy atom. The second-order valence-electron chi connectivity index (χ2n) is 16.7. The maximum atomic E-state index is 7.13. The van der Waals surface area contributed by atoms with Gasteiger partial charge in [0.1, 0.15) is 11.5 Å². The number of hydrogen-bond acceptors (Lipinski definition) is 2. The Morgan fingerprint density at radius 2 is 0.621 bits per heavy atom. The van der Waals surface area contributed by atoms with Gasteiger partial charge in [-0.15, -0.1) is 0 Å². The Hall–Kier alpha value is -5.60. The third kappa shape index (κ3) is 6.24. The van der Waals surface area contributed by atoms with Gasteiger partial charge in [-0.3, -0.25) is 0 Å². The van der Waals surface area contributed by atoms with Crippen LogP contribution in [0.15, 0.2) is 121 Å². The van der Waals surface area contributed by atoms with Crippen molar-refractivity contribution in [1.82, 2.24) is 0 Å². The van der Waals surface area contributed by atoms with Crippen LogP contribution in [0.5, 0.6) is 11.5 Å². The average molecular weight is 759 g/mol. The molecular formula is C56H54O2. The molecule has 0 N–H and O–H groups in total. The van der Waals surface area contributed by atoms with E-state index in [0.29, 0.717) is 13.2 Å². The molecule has 290 valence electrons. The van der Waals surface area contributed by atoms with Crippen molar-refractivity contribution >= 4 is 86.2 Å². The molecule has 0 fully saturated rings. The van der Waals surface area contributed by atoms with Gasteiger partial charge in [0.05, 0.1) is 13.2 Å². The van der Waals surface area contributed by atoms with Crippen LogP contribution in [-0.4, -0.2) is 13.2 Å². The van der Waals surface area contributed by atoms with Gasteiger partial charge in [0.25, 0.3) is 0 Å². The molecule has 10 aromatic rings. The molecule has 0 saturated heterocycles. The monoisotopic (exact) mass is 758 g/mol. The molecule has 10 aromatic carbocycles. The molecule has 0 atom stereocenters. The second-order valence-corrected chi connectivity index (χ2v) is 16.7. The summed E-state index contributed by atoms with van der Waals surface area (Å²) < 4.78 is 14.3. The zero-order valence-corrected chi connectivity index (χ0v) is 34.3. The Bertz CT molecular complexity index is 2830. The number of benzene rings is 10. The van der Waals surface area contributed by atoms with Crippen LogP contribution < -0.4 is 9.47 Å². The van der Waals surface area contributed by atoms with Gasteiger partial charge in [0.2, 0.25) is 0 Å². The highest BCUT2D eigenvalue weighted by Crippen LogP contribution is 2.53. The summed E-state index contributed by atoms with van der Waals surface area (Å²) in [7, 11) is 0. The molecular weight excluding hydrogens is 705 g/mol. The van der Waals surface area contributed by atoms with Crippen molar-refractivity contribution in [1.29, 1.82) is 0 Å². The highest BCUT2D eigenvalue weighted by molar-refractivity contribution is 6.37. The van der Waals surface area contributed by atoms with E-state index in [0.717, 1.165) is 35.5 Å². The highest BCUT2D eigenvalue weighted by Gasteiger charge is 2.26. The van der Waals surface area contributed by atoms with Gasteiger partial charge in [-0.05, 0) is 111 Å². The van der Waals surface area contributed by atoms with E-state index < -0.39 is 0 Å². The zero-order chi connectivity index (χ0) is 39.0. The van der Waals surface area contributed by atoms with Crippen LogP contribution in [0.2, 0.25) is 0 Å². The molecule has 0 aliphatic rings. The number of unbranched alkanes of at least 4 members (excludes halogenated alkanes) is 10. The summed E-state index contributed by atoms with van der Waals surface area (Å²) in [6.45, 7) is 5.95. The predicted molar refractivity (Wildman–Crippen MR) is 252 cm³/mol. The lowest BCUT2D eigenvalue weighted by molar-refractivity contribution is 0.302. The van der Waals surface area contributed by atoms with Crippen molar-refractivity contribution in [2.45, 2.75) is 90.9 Å². The largest absolute Gasteiger partial charge is 0.493 e. The van der Waals surface area contributed by atoms with Crippen LogP contribution in [0, 0.1) is 0 Å². The maximum Gasteiger partial charge on any atom is 0.128 e. The number of hydrogen-bond donors (Lipinski definition) is 0. The summed E-state index contributed by atoms with van der Waals surface area (Å²) in [5.74, 6) is 1.90. The molecule has 0 unspecified atom stereocenters. The van der Waals surface area contributed by atoms with Gasteiger partial charge in [0.15, 0.2) is 0 Å². The van der Waals surface area contributed by atoms with E-state index >= 15 is 0 Å². The van der Waals surface area contributed by atoms with Gasteiger partial charge in [-0.25, -0.2) is 0 Å².